The Kier molecular flexibility index (Phi) is 3.94. The molecule has 0 saturated carbocycles. The van der Waals surface area contributed by atoms with Gasteiger partial charge in [-0.25, -0.2) is 4.98 Å². The van der Waals surface area contributed by atoms with Crippen molar-refractivity contribution in [1.29, 1.82) is 5.26 Å². The van der Waals surface area contributed by atoms with Gasteiger partial charge in [0.15, 0.2) is 0 Å². The maximum atomic E-state index is 9.05. The number of anilines is 1. The second kappa shape index (κ2) is 5.65. The minimum atomic E-state index is 0.644. The summed E-state index contributed by atoms with van der Waals surface area (Å²) in [6.45, 7) is 2.75. The Morgan fingerprint density at radius 1 is 1.53 bits per heavy atom. The fourth-order valence-corrected chi connectivity index (χ4v) is 2.28. The summed E-state index contributed by atoms with van der Waals surface area (Å²) in [5.74, 6) is 1.47. The number of ether oxygens (including phenoxy) is 1. The highest BCUT2D eigenvalue weighted by molar-refractivity contribution is 5.53. The normalized spacial score (nSPS) is 16.8. The zero-order chi connectivity index (χ0) is 12.1. The zero-order valence-electron chi connectivity index (χ0n) is 10.1. The van der Waals surface area contributed by atoms with E-state index in [4.69, 9.17) is 10.00 Å². The first-order valence-corrected chi connectivity index (χ1v) is 5.94. The van der Waals surface area contributed by atoms with Crippen LogP contribution in [0.1, 0.15) is 18.4 Å². The van der Waals surface area contributed by atoms with Gasteiger partial charge in [-0.15, -0.1) is 0 Å². The van der Waals surface area contributed by atoms with Gasteiger partial charge in [-0.1, -0.05) is 0 Å². The SMILES string of the molecule is COCC1CCN(c2ncccc2C#N)CC1. The first kappa shape index (κ1) is 11.9. The Morgan fingerprint density at radius 2 is 2.29 bits per heavy atom. The number of pyridine rings is 1. The third-order valence-electron chi connectivity index (χ3n) is 3.22. The molecule has 17 heavy (non-hydrogen) atoms. The third-order valence-corrected chi connectivity index (χ3v) is 3.22. The van der Waals surface area contributed by atoms with Crippen molar-refractivity contribution in [2.75, 3.05) is 31.7 Å². The van der Waals surface area contributed by atoms with Gasteiger partial charge in [-0.2, -0.15) is 5.26 Å². The molecule has 1 aromatic heterocycles. The minimum absolute atomic E-state index is 0.644. The number of nitrogens with zero attached hydrogens (tertiary/aromatic N) is 3. The van der Waals surface area contributed by atoms with Gasteiger partial charge in [0.2, 0.25) is 0 Å². The van der Waals surface area contributed by atoms with E-state index in [1.165, 1.54) is 0 Å². The van der Waals surface area contributed by atoms with Crippen LogP contribution in [0.25, 0.3) is 0 Å². The second-order valence-electron chi connectivity index (χ2n) is 4.37. The van der Waals surface area contributed by atoms with E-state index < -0.39 is 0 Å². The molecule has 4 nitrogen and oxygen atoms in total. The number of hydrogen-bond donors (Lipinski definition) is 0. The maximum absolute atomic E-state index is 9.05. The topological polar surface area (TPSA) is 49.1 Å². The molecule has 90 valence electrons. The molecule has 1 aromatic rings. The third kappa shape index (κ3) is 2.75. The van der Waals surface area contributed by atoms with E-state index >= 15 is 0 Å². The van der Waals surface area contributed by atoms with E-state index in [1.807, 2.05) is 6.07 Å². The van der Waals surface area contributed by atoms with Crippen LogP contribution in [0.15, 0.2) is 18.3 Å². The zero-order valence-corrected chi connectivity index (χ0v) is 10.1. The molecule has 0 aliphatic carbocycles. The Labute approximate surface area is 102 Å². The number of piperidine rings is 1. The van der Waals surface area contributed by atoms with Gasteiger partial charge in [0.25, 0.3) is 0 Å². The van der Waals surface area contributed by atoms with Gasteiger partial charge in [-0.05, 0) is 30.9 Å². The number of hydrogen-bond acceptors (Lipinski definition) is 4. The molecule has 0 unspecified atom stereocenters. The van der Waals surface area contributed by atoms with Crippen LogP contribution >= 0.6 is 0 Å². The molecule has 0 N–H and O–H groups in total. The number of methoxy groups -OCH3 is 1. The second-order valence-corrected chi connectivity index (χ2v) is 4.37. The van der Waals surface area contributed by atoms with Gasteiger partial charge in [0, 0.05) is 33.0 Å². The molecule has 0 aromatic carbocycles. The van der Waals surface area contributed by atoms with E-state index in [0.29, 0.717) is 11.5 Å². The first-order chi connectivity index (χ1) is 8.35. The molecule has 2 heterocycles. The van der Waals surface area contributed by atoms with Gasteiger partial charge >= 0.3 is 0 Å². The van der Waals surface area contributed by atoms with Crippen molar-refractivity contribution in [2.24, 2.45) is 5.92 Å². The maximum Gasteiger partial charge on any atom is 0.146 e. The summed E-state index contributed by atoms with van der Waals surface area (Å²) in [5.41, 5.74) is 0.665. The molecular formula is C13H17N3O. The molecule has 1 saturated heterocycles. The molecule has 1 aliphatic heterocycles. The van der Waals surface area contributed by atoms with Crippen molar-refractivity contribution < 1.29 is 4.74 Å². The van der Waals surface area contributed by atoms with Crippen molar-refractivity contribution in [3.63, 3.8) is 0 Å². The Balaban J connectivity index is 2.03. The fraction of sp³-hybridized carbons (Fsp3) is 0.538. The van der Waals surface area contributed by atoms with Crippen LogP contribution in [0, 0.1) is 17.2 Å². The van der Waals surface area contributed by atoms with E-state index in [9.17, 15) is 0 Å². The molecular weight excluding hydrogens is 214 g/mol. The van der Waals surface area contributed by atoms with Crippen LogP contribution in [-0.4, -0.2) is 31.8 Å². The minimum Gasteiger partial charge on any atom is -0.384 e. The predicted molar refractivity (Wildman–Crippen MR) is 65.8 cm³/mol. The van der Waals surface area contributed by atoms with Gasteiger partial charge in [-0.3, -0.25) is 0 Å². The molecule has 1 fully saturated rings. The first-order valence-electron chi connectivity index (χ1n) is 5.94. The van der Waals surface area contributed by atoms with Crippen LogP contribution in [0.4, 0.5) is 5.82 Å². The molecule has 0 atom stereocenters. The van der Waals surface area contributed by atoms with Crippen molar-refractivity contribution in [2.45, 2.75) is 12.8 Å². The summed E-state index contributed by atoms with van der Waals surface area (Å²) < 4.78 is 5.18. The van der Waals surface area contributed by atoms with Gasteiger partial charge < -0.3 is 9.64 Å². The lowest BCUT2D eigenvalue weighted by atomic mass is 9.97. The van der Waals surface area contributed by atoms with Crippen molar-refractivity contribution in [3.8, 4) is 6.07 Å². The van der Waals surface area contributed by atoms with Crippen molar-refractivity contribution in [3.05, 3.63) is 23.9 Å². The average Bonchev–Trinajstić information content (AvgIpc) is 2.40. The molecule has 1 aliphatic rings. The highest BCUT2D eigenvalue weighted by Crippen LogP contribution is 2.24. The molecule has 0 amide bonds. The van der Waals surface area contributed by atoms with Crippen molar-refractivity contribution in [1.82, 2.24) is 4.98 Å². The largest absolute Gasteiger partial charge is 0.384 e. The smallest absolute Gasteiger partial charge is 0.146 e. The standard InChI is InChI=1S/C13H17N3O/c1-17-10-11-4-7-16(8-5-11)13-12(9-14)3-2-6-15-13/h2-3,6,11H,4-5,7-8,10H2,1H3. The van der Waals surface area contributed by atoms with Crippen LogP contribution in [0.2, 0.25) is 0 Å². The number of aromatic nitrogens is 1. The average molecular weight is 231 g/mol. The summed E-state index contributed by atoms with van der Waals surface area (Å²) in [6, 6.07) is 5.83. The summed E-state index contributed by atoms with van der Waals surface area (Å²) in [7, 11) is 1.75. The van der Waals surface area contributed by atoms with Crippen LogP contribution in [0.3, 0.4) is 0 Å². The van der Waals surface area contributed by atoms with Gasteiger partial charge in [0.1, 0.15) is 11.9 Å². The lowest BCUT2D eigenvalue weighted by molar-refractivity contribution is 0.139. The predicted octanol–water partition coefficient (Wildman–Crippen LogP) is 1.82. The van der Waals surface area contributed by atoms with Crippen molar-refractivity contribution >= 4 is 5.82 Å². The summed E-state index contributed by atoms with van der Waals surface area (Å²) >= 11 is 0. The number of rotatable bonds is 3. The molecule has 4 heteroatoms. The quantitative estimate of drug-likeness (QED) is 0.796. The molecule has 2 rings (SSSR count). The van der Waals surface area contributed by atoms with Crippen LogP contribution < -0.4 is 4.90 Å². The number of nitriles is 1. The van der Waals surface area contributed by atoms with Crippen LogP contribution in [-0.2, 0) is 4.74 Å². The monoisotopic (exact) mass is 231 g/mol. The Bertz CT molecular complexity index is 405. The lowest BCUT2D eigenvalue weighted by Gasteiger charge is -2.32. The van der Waals surface area contributed by atoms with Crippen LogP contribution in [0.5, 0.6) is 0 Å². The summed E-state index contributed by atoms with van der Waals surface area (Å²) in [5, 5.41) is 9.05. The fourth-order valence-electron chi connectivity index (χ4n) is 2.28. The molecule has 0 radical (unpaired) electrons. The van der Waals surface area contributed by atoms with E-state index in [0.717, 1.165) is 38.4 Å². The summed E-state index contributed by atoms with van der Waals surface area (Å²) in [4.78, 5) is 6.52. The van der Waals surface area contributed by atoms with E-state index in [-0.39, 0.29) is 0 Å². The van der Waals surface area contributed by atoms with E-state index in [2.05, 4.69) is 16.0 Å². The Morgan fingerprint density at radius 3 is 2.94 bits per heavy atom. The Hall–Kier alpha value is -1.60. The highest BCUT2D eigenvalue weighted by atomic mass is 16.5. The highest BCUT2D eigenvalue weighted by Gasteiger charge is 2.21. The van der Waals surface area contributed by atoms with Gasteiger partial charge in [0.05, 0.1) is 5.56 Å². The lowest BCUT2D eigenvalue weighted by Crippen LogP contribution is -2.35. The molecule has 0 bridgehead atoms. The van der Waals surface area contributed by atoms with E-state index in [1.54, 1.807) is 19.4 Å². The molecule has 0 spiro atoms. The summed E-state index contributed by atoms with van der Waals surface area (Å²) in [6.07, 6.45) is 3.96.